The van der Waals surface area contributed by atoms with E-state index in [-0.39, 0.29) is 18.1 Å². The summed E-state index contributed by atoms with van der Waals surface area (Å²) < 4.78 is 5.91. The third-order valence-corrected chi connectivity index (χ3v) is 4.09. The molecule has 7 nitrogen and oxygen atoms in total. The van der Waals surface area contributed by atoms with Crippen molar-refractivity contribution in [3.05, 3.63) is 11.8 Å². The fourth-order valence-corrected chi connectivity index (χ4v) is 2.59. The molecule has 1 aliphatic heterocycles. The van der Waals surface area contributed by atoms with Crippen molar-refractivity contribution in [2.24, 2.45) is 11.7 Å². The highest BCUT2D eigenvalue weighted by Crippen LogP contribution is 2.28. The van der Waals surface area contributed by atoms with Gasteiger partial charge in [-0.2, -0.15) is 0 Å². The van der Waals surface area contributed by atoms with Crippen LogP contribution in [0.4, 0.5) is 0 Å². The van der Waals surface area contributed by atoms with Crippen molar-refractivity contribution >= 4 is 18.2 Å². The lowest BCUT2D eigenvalue weighted by Gasteiger charge is -2.23. The zero-order valence-corrected chi connectivity index (χ0v) is 14.1. The summed E-state index contributed by atoms with van der Waals surface area (Å²) in [4.78, 5) is 35.6. The van der Waals surface area contributed by atoms with Gasteiger partial charge in [-0.1, -0.05) is 20.3 Å². The molecule has 3 amide bonds. The Morgan fingerprint density at radius 2 is 2.13 bits per heavy atom. The smallest absolute Gasteiger partial charge is 0.248 e. The van der Waals surface area contributed by atoms with E-state index in [2.05, 4.69) is 19.2 Å². The second-order valence-electron chi connectivity index (χ2n) is 5.97. The summed E-state index contributed by atoms with van der Waals surface area (Å²) in [7, 11) is 1.46. The van der Waals surface area contributed by atoms with Gasteiger partial charge < -0.3 is 15.8 Å². The molecule has 23 heavy (non-hydrogen) atoms. The van der Waals surface area contributed by atoms with Crippen LogP contribution in [0.15, 0.2) is 11.8 Å². The Balaban J connectivity index is 2.78. The summed E-state index contributed by atoms with van der Waals surface area (Å²) in [6.45, 7) is 4.31. The molecule has 0 aromatic heterocycles. The van der Waals surface area contributed by atoms with Crippen LogP contribution in [0.3, 0.4) is 0 Å². The molecule has 1 heterocycles. The molecule has 130 valence electrons. The first-order valence-corrected chi connectivity index (χ1v) is 8.00. The Morgan fingerprint density at radius 1 is 1.43 bits per heavy atom. The van der Waals surface area contributed by atoms with E-state index >= 15 is 0 Å². The zero-order chi connectivity index (χ0) is 17.4. The number of amides is 3. The summed E-state index contributed by atoms with van der Waals surface area (Å²) in [6, 6.07) is 0. The van der Waals surface area contributed by atoms with Gasteiger partial charge in [0.2, 0.25) is 18.2 Å². The number of nitrogens with one attached hydrogen (secondary N) is 1. The first-order chi connectivity index (χ1) is 10.9. The van der Waals surface area contributed by atoms with E-state index in [4.69, 9.17) is 10.5 Å². The van der Waals surface area contributed by atoms with Crippen LogP contribution in [-0.4, -0.2) is 42.5 Å². The summed E-state index contributed by atoms with van der Waals surface area (Å²) in [5, 5.41) is 2.43. The van der Waals surface area contributed by atoms with Crippen molar-refractivity contribution in [1.29, 1.82) is 0 Å². The highest BCUT2D eigenvalue weighted by Gasteiger charge is 2.30. The van der Waals surface area contributed by atoms with Crippen molar-refractivity contribution in [1.82, 2.24) is 10.2 Å². The molecule has 0 radical (unpaired) electrons. The topological polar surface area (TPSA) is 102 Å². The second-order valence-corrected chi connectivity index (χ2v) is 5.97. The maximum absolute atomic E-state index is 11.8. The molecule has 1 rings (SSSR count). The third kappa shape index (κ3) is 6.02. The van der Waals surface area contributed by atoms with E-state index in [1.54, 1.807) is 0 Å². The molecular weight excluding hydrogens is 298 g/mol. The fraction of sp³-hybridized carbons (Fsp3) is 0.688. The number of hydrogen-bond acceptors (Lipinski definition) is 4. The average Bonchev–Trinajstić information content (AvgIpc) is 2.98. The van der Waals surface area contributed by atoms with Gasteiger partial charge in [-0.3, -0.25) is 19.3 Å². The summed E-state index contributed by atoms with van der Waals surface area (Å²) in [5.74, 6) is -0.507. The van der Waals surface area contributed by atoms with Gasteiger partial charge in [0.15, 0.2) is 0 Å². The van der Waals surface area contributed by atoms with Crippen molar-refractivity contribution < 1.29 is 19.1 Å². The second kappa shape index (κ2) is 9.29. The van der Waals surface area contributed by atoms with Crippen LogP contribution in [-0.2, 0) is 19.1 Å². The Kier molecular flexibility index (Phi) is 7.74. The molecule has 3 N–H and O–H groups in total. The van der Waals surface area contributed by atoms with Gasteiger partial charge in [-0.05, 0) is 25.2 Å². The van der Waals surface area contributed by atoms with Crippen LogP contribution < -0.4 is 11.1 Å². The van der Waals surface area contributed by atoms with E-state index < -0.39 is 18.0 Å². The molecule has 3 unspecified atom stereocenters. The van der Waals surface area contributed by atoms with Gasteiger partial charge in [0, 0.05) is 18.8 Å². The molecule has 1 saturated heterocycles. The number of likely N-dealkylation sites (N-methyl/N-ethyl adjacent to an activating group) is 1. The van der Waals surface area contributed by atoms with Crippen molar-refractivity contribution in [2.75, 3.05) is 7.05 Å². The summed E-state index contributed by atoms with van der Waals surface area (Å²) in [6.07, 6.45) is 5.06. The Bertz CT molecular complexity index is 464. The molecule has 1 aliphatic rings. The Labute approximate surface area is 137 Å². The minimum atomic E-state index is -0.632. The molecule has 0 spiro atoms. The van der Waals surface area contributed by atoms with Crippen LogP contribution in [0.2, 0.25) is 0 Å². The first kappa shape index (κ1) is 19.2. The number of carbonyl (C=O) groups is 3. The van der Waals surface area contributed by atoms with Crippen LogP contribution >= 0.6 is 0 Å². The highest BCUT2D eigenvalue weighted by molar-refractivity contribution is 5.98. The standard InChI is InChI=1S/C16H27N3O4/c1-4-11(2)7-13-5-6-15(23-13)19(10-20)9-12(8-14(17)21)16(22)18-3/h9-11,13,15H,4-8H2,1-3H3,(H2,17,21)(H,18,22)/b12-9-. The fourth-order valence-electron chi connectivity index (χ4n) is 2.59. The maximum atomic E-state index is 11.8. The number of nitrogens with zero attached hydrogens (tertiary/aromatic N) is 1. The van der Waals surface area contributed by atoms with E-state index in [9.17, 15) is 14.4 Å². The van der Waals surface area contributed by atoms with Crippen LogP contribution in [0, 0.1) is 5.92 Å². The number of primary amides is 1. The zero-order valence-electron chi connectivity index (χ0n) is 14.1. The van der Waals surface area contributed by atoms with E-state index in [1.165, 1.54) is 18.1 Å². The monoisotopic (exact) mass is 325 g/mol. The van der Waals surface area contributed by atoms with Gasteiger partial charge in [0.25, 0.3) is 0 Å². The van der Waals surface area contributed by atoms with Crippen LogP contribution in [0.5, 0.6) is 0 Å². The van der Waals surface area contributed by atoms with Crippen LogP contribution in [0.25, 0.3) is 0 Å². The normalized spacial score (nSPS) is 22.5. The number of carbonyl (C=O) groups excluding carboxylic acids is 3. The SMILES string of the molecule is CCC(C)CC1CCC(N(C=O)/C=C(/CC(N)=O)C(=O)NC)O1. The molecule has 1 fully saturated rings. The van der Waals surface area contributed by atoms with Crippen molar-refractivity contribution in [3.63, 3.8) is 0 Å². The number of ether oxygens (including phenoxy) is 1. The lowest BCUT2D eigenvalue weighted by Crippen LogP contribution is -2.33. The summed E-state index contributed by atoms with van der Waals surface area (Å²) >= 11 is 0. The largest absolute Gasteiger partial charge is 0.369 e. The number of nitrogens with two attached hydrogens (primary N) is 1. The van der Waals surface area contributed by atoms with E-state index in [0.29, 0.717) is 18.7 Å². The number of hydrogen-bond donors (Lipinski definition) is 2. The Hall–Kier alpha value is -1.89. The van der Waals surface area contributed by atoms with Crippen molar-refractivity contribution in [3.8, 4) is 0 Å². The van der Waals surface area contributed by atoms with Gasteiger partial charge in [0.05, 0.1) is 12.5 Å². The maximum Gasteiger partial charge on any atom is 0.248 e. The quantitative estimate of drug-likeness (QED) is 0.485. The number of rotatable bonds is 9. The highest BCUT2D eigenvalue weighted by atomic mass is 16.5. The third-order valence-electron chi connectivity index (χ3n) is 4.09. The molecule has 0 aliphatic carbocycles. The molecular formula is C16H27N3O4. The minimum absolute atomic E-state index is 0.116. The molecule has 0 aromatic carbocycles. The molecule has 0 aromatic rings. The molecule has 3 atom stereocenters. The van der Waals surface area contributed by atoms with Gasteiger partial charge in [0.1, 0.15) is 6.23 Å². The minimum Gasteiger partial charge on any atom is -0.369 e. The molecule has 0 bridgehead atoms. The molecule has 0 saturated carbocycles. The average molecular weight is 325 g/mol. The molecule has 7 heteroatoms. The first-order valence-electron chi connectivity index (χ1n) is 8.00. The van der Waals surface area contributed by atoms with E-state index in [0.717, 1.165) is 19.3 Å². The van der Waals surface area contributed by atoms with E-state index in [1.807, 2.05) is 0 Å². The predicted octanol–water partition coefficient (Wildman–Crippen LogP) is 0.891. The van der Waals surface area contributed by atoms with Crippen LogP contribution in [0.1, 0.15) is 46.0 Å². The lowest BCUT2D eigenvalue weighted by atomic mass is 9.99. The van der Waals surface area contributed by atoms with Gasteiger partial charge in [-0.15, -0.1) is 0 Å². The lowest BCUT2D eigenvalue weighted by molar-refractivity contribution is -0.127. The van der Waals surface area contributed by atoms with Gasteiger partial charge in [-0.25, -0.2) is 0 Å². The van der Waals surface area contributed by atoms with Crippen molar-refractivity contribution in [2.45, 2.75) is 58.3 Å². The Morgan fingerprint density at radius 3 is 2.65 bits per heavy atom. The predicted molar refractivity (Wildman–Crippen MR) is 85.8 cm³/mol. The van der Waals surface area contributed by atoms with Gasteiger partial charge >= 0.3 is 0 Å². The summed E-state index contributed by atoms with van der Waals surface area (Å²) in [5.41, 5.74) is 5.29.